The van der Waals surface area contributed by atoms with Gasteiger partial charge in [0.25, 0.3) is 5.91 Å². The van der Waals surface area contributed by atoms with Gasteiger partial charge in [-0.05, 0) is 38.3 Å². The highest BCUT2D eigenvalue weighted by molar-refractivity contribution is 6.32. The molecule has 2 rings (SSSR count). The summed E-state index contributed by atoms with van der Waals surface area (Å²) in [6.45, 7) is 4.18. The summed E-state index contributed by atoms with van der Waals surface area (Å²) in [6.07, 6.45) is 2.51. The van der Waals surface area contributed by atoms with Crippen molar-refractivity contribution in [2.45, 2.75) is 39.2 Å². The topological polar surface area (TPSA) is 62.2 Å². The Morgan fingerprint density at radius 1 is 1.53 bits per heavy atom. The molecule has 1 aromatic heterocycles. The number of aromatic nitrogens is 1. The number of nitrogens with one attached hydrogen (secondary N) is 1. The van der Waals surface area contributed by atoms with Crippen molar-refractivity contribution in [3.8, 4) is 0 Å². The van der Waals surface area contributed by atoms with E-state index in [4.69, 9.17) is 11.6 Å². The number of rotatable bonds is 3. The smallest absolute Gasteiger partial charge is 0.254 e. The summed E-state index contributed by atoms with van der Waals surface area (Å²) >= 11 is 6.03. The first-order valence-corrected chi connectivity index (χ1v) is 6.97. The molecule has 0 saturated heterocycles. The molecule has 1 aliphatic carbocycles. The van der Waals surface area contributed by atoms with Crippen LogP contribution in [0.1, 0.15) is 40.9 Å². The van der Waals surface area contributed by atoms with Crippen molar-refractivity contribution in [1.82, 2.24) is 10.3 Å². The summed E-state index contributed by atoms with van der Waals surface area (Å²) in [7, 11) is 0. The maximum atomic E-state index is 12.1. The molecule has 2 N–H and O–H groups in total. The highest BCUT2D eigenvalue weighted by Crippen LogP contribution is 2.25. The van der Waals surface area contributed by atoms with Crippen LogP contribution in [0, 0.1) is 19.8 Å². The van der Waals surface area contributed by atoms with Gasteiger partial charge in [0.1, 0.15) is 5.15 Å². The number of carbonyl (C=O) groups is 1. The highest BCUT2D eigenvalue weighted by atomic mass is 35.5. The third kappa shape index (κ3) is 3.25. The van der Waals surface area contributed by atoms with Gasteiger partial charge >= 0.3 is 0 Å². The molecule has 104 valence electrons. The largest absolute Gasteiger partial charge is 0.393 e. The number of nitrogens with zero attached hydrogens (tertiary/aromatic N) is 1. The molecule has 2 atom stereocenters. The molecule has 1 amide bonds. The lowest BCUT2D eigenvalue weighted by Gasteiger charge is -2.16. The minimum atomic E-state index is -0.298. The van der Waals surface area contributed by atoms with Gasteiger partial charge in [-0.15, -0.1) is 0 Å². The average Bonchev–Trinajstić information content (AvgIpc) is 2.70. The summed E-state index contributed by atoms with van der Waals surface area (Å²) in [6, 6.07) is 1.84. The number of halogens is 1. The van der Waals surface area contributed by atoms with Crippen molar-refractivity contribution in [2.75, 3.05) is 6.54 Å². The average molecular weight is 283 g/mol. The number of aliphatic hydroxyl groups excluding tert-OH is 1. The Bertz CT molecular complexity index is 467. The van der Waals surface area contributed by atoms with Crippen molar-refractivity contribution in [1.29, 1.82) is 0 Å². The second kappa shape index (κ2) is 5.88. The zero-order valence-electron chi connectivity index (χ0n) is 11.2. The molecule has 0 bridgehead atoms. The lowest BCUT2D eigenvalue weighted by atomic mass is 10.1. The van der Waals surface area contributed by atoms with E-state index in [1.54, 1.807) is 0 Å². The third-order valence-electron chi connectivity index (χ3n) is 3.67. The number of pyridine rings is 1. The first-order valence-electron chi connectivity index (χ1n) is 6.59. The number of hydrogen-bond donors (Lipinski definition) is 2. The van der Waals surface area contributed by atoms with Gasteiger partial charge in [-0.2, -0.15) is 0 Å². The van der Waals surface area contributed by atoms with Gasteiger partial charge in [-0.3, -0.25) is 4.79 Å². The summed E-state index contributed by atoms with van der Waals surface area (Å²) in [5, 5.41) is 12.8. The molecule has 0 aliphatic heterocycles. The monoisotopic (exact) mass is 282 g/mol. The predicted octanol–water partition coefficient (Wildman–Crippen LogP) is 2.24. The van der Waals surface area contributed by atoms with Crippen LogP contribution < -0.4 is 5.32 Å². The summed E-state index contributed by atoms with van der Waals surface area (Å²) < 4.78 is 0. The first-order chi connectivity index (χ1) is 8.99. The van der Waals surface area contributed by atoms with Crippen molar-refractivity contribution in [2.24, 2.45) is 5.92 Å². The van der Waals surface area contributed by atoms with Crippen LogP contribution in [0.4, 0.5) is 0 Å². The Morgan fingerprint density at radius 2 is 2.26 bits per heavy atom. The van der Waals surface area contributed by atoms with Crippen LogP contribution in [-0.4, -0.2) is 28.6 Å². The summed E-state index contributed by atoms with van der Waals surface area (Å²) in [5.41, 5.74) is 2.05. The summed E-state index contributed by atoms with van der Waals surface area (Å²) in [5.74, 6) is -0.0597. The van der Waals surface area contributed by atoms with E-state index in [1.165, 1.54) is 0 Å². The standard InChI is InChI=1S/C14H19ClN2O2/c1-8-6-9(2)17-13(15)12(8)14(19)16-7-10-4-3-5-11(10)18/h6,10-11,18H,3-5,7H2,1-2H3,(H,16,19). The second-order valence-corrected chi connectivity index (χ2v) is 5.57. The van der Waals surface area contributed by atoms with Crippen LogP contribution in [0.5, 0.6) is 0 Å². The Kier molecular flexibility index (Phi) is 4.42. The Balaban J connectivity index is 2.04. The summed E-state index contributed by atoms with van der Waals surface area (Å²) in [4.78, 5) is 16.2. The Morgan fingerprint density at radius 3 is 2.84 bits per heavy atom. The van der Waals surface area contributed by atoms with Crippen LogP contribution in [0.25, 0.3) is 0 Å². The van der Waals surface area contributed by atoms with Crippen LogP contribution in [-0.2, 0) is 0 Å². The van der Waals surface area contributed by atoms with Crippen molar-refractivity contribution in [3.63, 3.8) is 0 Å². The van der Waals surface area contributed by atoms with E-state index >= 15 is 0 Å². The SMILES string of the molecule is Cc1cc(C)c(C(=O)NCC2CCCC2O)c(Cl)n1. The molecule has 0 spiro atoms. The molecule has 5 heteroatoms. The molecule has 1 saturated carbocycles. The number of hydrogen-bond acceptors (Lipinski definition) is 3. The fourth-order valence-corrected chi connectivity index (χ4v) is 3.00. The van der Waals surface area contributed by atoms with E-state index in [-0.39, 0.29) is 23.1 Å². The molecular weight excluding hydrogens is 264 g/mol. The molecule has 4 nitrogen and oxygen atoms in total. The van der Waals surface area contributed by atoms with E-state index < -0.39 is 0 Å². The van der Waals surface area contributed by atoms with Gasteiger partial charge < -0.3 is 10.4 Å². The van der Waals surface area contributed by atoms with Gasteiger partial charge in [0.05, 0.1) is 11.7 Å². The Labute approximate surface area is 118 Å². The molecule has 1 fully saturated rings. The first kappa shape index (κ1) is 14.3. The van der Waals surface area contributed by atoms with Gasteiger partial charge in [-0.1, -0.05) is 18.0 Å². The van der Waals surface area contributed by atoms with E-state index in [9.17, 15) is 9.90 Å². The maximum Gasteiger partial charge on any atom is 0.254 e. The van der Waals surface area contributed by atoms with E-state index in [1.807, 2.05) is 19.9 Å². The molecular formula is C14H19ClN2O2. The zero-order valence-corrected chi connectivity index (χ0v) is 12.0. The number of carbonyl (C=O) groups excluding carboxylic acids is 1. The predicted molar refractivity (Wildman–Crippen MR) is 74.4 cm³/mol. The molecule has 1 heterocycles. The molecule has 1 aliphatic rings. The van der Waals surface area contributed by atoms with Crippen LogP contribution in [0.15, 0.2) is 6.07 Å². The zero-order chi connectivity index (χ0) is 14.0. The third-order valence-corrected chi connectivity index (χ3v) is 3.94. The lowest BCUT2D eigenvalue weighted by molar-refractivity contribution is 0.0916. The Hall–Kier alpha value is -1.13. The molecule has 19 heavy (non-hydrogen) atoms. The van der Waals surface area contributed by atoms with E-state index in [0.717, 1.165) is 30.5 Å². The molecule has 0 radical (unpaired) electrons. The van der Waals surface area contributed by atoms with Gasteiger partial charge in [0.15, 0.2) is 0 Å². The fourth-order valence-electron chi connectivity index (χ4n) is 2.63. The van der Waals surface area contributed by atoms with Crippen molar-refractivity contribution >= 4 is 17.5 Å². The maximum absolute atomic E-state index is 12.1. The van der Waals surface area contributed by atoms with Crippen LogP contribution in [0.3, 0.4) is 0 Å². The van der Waals surface area contributed by atoms with Gasteiger partial charge in [0, 0.05) is 18.2 Å². The van der Waals surface area contributed by atoms with Crippen LogP contribution >= 0.6 is 11.6 Å². The fraction of sp³-hybridized carbons (Fsp3) is 0.571. The van der Waals surface area contributed by atoms with E-state index in [0.29, 0.717) is 12.1 Å². The van der Waals surface area contributed by atoms with Crippen molar-refractivity contribution < 1.29 is 9.90 Å². The van der Waals surface area contributed by atoms with Crippen molar-refractivity contribution in [3.05, 3.63) is 28.0 Å². The molecule has 2 unspecified atom stereocenters. The highest BCUT2D eigenvalue weighted by Gasteiger charge is 2.26. The molecule has 0 aromatic carbocycles. The number of aliphatic hydroxyl groups is 1. The normalized spacial score (nSPS) is 22.5. The minimum Gasteiger partial charge on any atom is -0.393 e. The van der Waals surface area contributed by atoms with E-state index in [2.05, 4.69) is 10.3 Å². The quantitative estimate of drug-likeness (QED) is 0.836. The van der Waals surface area contributed by atoms with Crippen LogP contribution in [0.2, 0.25) is 5.15 Å². The lowest BCUT2D eigenvalue weighted by Crippen LogP contribution is -2.33. The number of amides is 1. The minimum absolute atomic E-state index is 0.154. The van der Waals surface area contributed by atoms with Gasteiger partial charge in [0.2, 0.25) is 0 Å². The van der Waals surface area contributed by atoms with Gasteiger partial charge in [-0.25, -0.2) is 4.98 Å². The number of aryl methyl sites for hydroxylation is 2. The molecule has 1 aromatic rings. The second-order valence-electron chi connectivity index (χ2n) is 5.21.